The molecule has 102 valence electrons. The van der Waals surface area contributed by atoms with Crippen molar-refractivity contribution in [3.63, 3.8) is 0 Å². The maximum atomic E-state index is 6.26. The van der Waals surface area contributed by atoms with Gasteiger partial charge in [0.1, 0.15) is 5.82 Å². The van der Waals surface area contributed by atoms with Crippen molar-refractivity contribution in [2.75, 3.05) is 0 Å². The van der Waals surface area contributed by atoms with Gasteiger partial charge >= 0.3 is 0 Å². The molecular weight excluding hydrogens is 293 g/mol. The summed E-state index contributed by atoms with van der Waals surface area (Å²) in [5.41, 5.74) is 3.87. The molecule has 5 heteroatoms. The van der Waals surface area contributed by atoms with Crippen LogP contribution in [0.5, 0.6) is 0 Å². The van der Waals surface area contributed by atoms with Crippen LogP contribution in [0.25, 0.3) is 11.3 Å². The first kappa shape index (κ1) is 13.3. The smallest absolute Gasteiger partial charge is 0.111 e. The number of aromatic amines is 2. The third-order valence-corrected chi connectivity index (χ3v) is 3.99. The van der Waals surface area contributed by atoms with E-state index in [4.69, 9.17) is 23.2 Å². The largest absolute Gasteiger partial charge is 0.367 e. The second-order valence-corrected chi connectivity index (χ2v) is 5.44. The van der Waals surface area contributed by atoms with E-state index in [0.717, 1.165) is 29.2 Å². The molecule has 0 atom stereocenters. The molecule has 2 aromatic heterocycles. The summed E-state index contributed by atoms with van der Waals surface area (Å²) < 4.78 is 0. The molecule has 0 saturated carbocycles. The Balaban J connectivity index is 1.98. The molecule has 1 aromatic carbocycles. The van der Waals surface area contributed by atoms with E-state index in [2.05, 4.69) is 15.0 Å². The molecule has 0 aliphatic rings. The first-order valence-corrected chi connectivity index (χ1v) is 7.02. The van der Waals surface area contributed by atoms with Crippen molar-refractivity contribution in [3.8, 4) is 11.3 Å². The number of aromatic nitrogens is 3. The Kier molecular flexibility index (Phi) is 3.55. The van der Waals surface area contributed by atoms with Crippen LogP contribution in [0.3, 0.4) is 0 Å². The van der Waals surface area contributed by atoms with Crippen LogP contribution in [0.4, 0.5) is 0 Å². The molecular formula is C15H13Cl2N3. The number of nitrogens with zero attached hydrogens (tertiary/aromatic N) is 1. The van der Waals surface area contributed by atoms with Gasteiger partial charge in [-0.3, -0.25) is 0 Å². The molecule has 0 unspecified atom stereocenters. The van der Waals surface area contributed by atoms with Crippen molar-refractivity contribution in [1.82, 2.24) is 15.0 Å². The number of rotatable bonds is 3. The number of H-pyrrole nitrogens is 2. The van der Waals surface area contributed by atoms with E-state index in [1.54, 1.807) is 6.07 Å². The molecule has 0 fully saturated rings. The topological polar surface area (TPSA) is 44.5 Å². The van der Waals surface area contributed by atoms with Crippen molar-refractivity contribution in [2.24, 2.45) is 0 Å². The highest BCUT2D eigenvalue weighted by Crippen LogP contribution is 2.34. The molecule has 2 N–H and O–H groups in total. The summed E-state index contributed by atoms with van der Waals surface area (Å²) >= 11 is 12.3. The van der Waals surface area contributed by atoms with Gasteiger partial charge in [0.05, 0.1) is 15.7 Å². The molecule has 0 amide bonds. The van der Waals surface area contributed by atoms with Gasteiger partial charge in [-0.05, 0) is 24.6 Å². The Bertz CT molecular complexity index is 730. The van der Waals surface area contributed by atoms with Crippen LogP contribution in [-0.2, 0) is 6.42 Å². The Morgan fingerprint density at radius 1 is 1.20 bits per heavy atom. The highest BCUT2D eigenvalue weighted by molar-refractivity contribution is 6.43. The lowest BCUT2D eigenvalue weighted by Crippen LogP contribution is -1.88. The van der Waals surface area contributed by atoms with E-state index in [-0.39, 0.29) is 0 Å². The zero-order valence-corrected chi connectivity index (χ0v) is 12.4. The Labute approximate surface area is 127 Å². The summed E-state index contributed by atoms with van der Waals surface area (Å²) in [6.07, 6.45) is 4.62. The zero-order chi connectivity index (χ0) is 14.1. The standard InChI is InChI=1S/C15H13Cl2N3/c1-9-15(11-3-2-4-12(16)14(11)17)20-13(19-9)7-10-5-6-18-8-10/h2-6,8,18H,7H2,1H3,(H,19,20). The number of hydrogen-bond acceptors (Lipinski definition) is 1. The lowest BCUT2D eigenvalue weighted by Gasteiger charge is -2.03. The average Bonchev–Trinajstić information content (AvgIpc) is 3.03. The Morgan fingerprint density at radius 2 is 2.05 bits per heavy atom. The van der Waals surface area contributed by atoms with Crippen molar-refractivity contribution in [3.05, 3.63) is 63.8 Å². The number of imidazole rings is 1. The van der Waals surface area contributed by atoms with Gasteiger partial charge in [0.25, 0.3) is 0 Å². The van der Waals surface area contributed by atoms with Crippen molar-refractivity contribution in [1.29, 1.82) is 0 Å². The van der Waals surface area contributed by atoms with Gasteiger partial charge in [-0.2, -0.15) is 0 Å². The van der Waals surface area contributed by atoms with Crippen molar-refractivity contribution >= 4 is 23.2 Å². The SMILES string of the molecule is Cc1[nH]c(Cc2cc[nH]c2)nc1-c1cccc(Cl)c1Cl. The molecule has 0 bridgehead atoms. The Hall–Kier alpha value is -1.71. The normalized spacial score (nSPS) is 10.9. The fourth-order valence-corrected chi connectivity index (χ4v) is 2.61. The molecule has 0 radical (unpaired) electrons. The molecule has 3 rings (SSSR count). The maximum Gasteiger partial charge on any atom is 0.111 e. The van der Waals surface area contributed by atoms with Gasteiger partial charge in [0.15, 0.2) is 0 Å². The highest BCUT2D eigenvalue weighted by Gasteiger charge is 2.14. The van der Waals surface area contributed by atoms with Crippen molar-refractivity contribution < 1.29 is 0 Å². The molecule has 0 aliphatic heterocycles. The van der Waals surface area contributed by atoms with Crippen LogP contribution in [0.15, 0.2) is 36.7 Å². The summed E-state index contributed by atoms with van der Waals surface area (Å²) in [5.74, 6) is 0.910. The zero-order valence-electron chi connectivity index (χ0n) is 10.9. The predicted octanol–water partition coefficient (Wildman–Crippen LogP) is 4.61. The van der Waals surface area contributed by atoms with Gasteiger partial charge in [-0.1, -0.05) is 35.3 Å². The number of halogens is 2. The molecule has 2 heterocycles. The van der Waals surface area contributed by atoms with Gasteiger partial charge in [-0.15, -0.1) is 0 Å². The summed E-state index contributed by atoms with van der Waals surface area (Å²) in [6.45, 7) is 1.99. The first-order valence-electron chi connectivity index (χ1n) is 6.26. The minimum atomic E-state index is 0.539. The van der Waals surface area contributed by atoms with Crippen LogP contribution in [0.1, 0.15) is 17.1 Å². The predicted molar refractivity (Wildman–Crippen MR) is 82.4 cm³/mol. The fraction of sp³-hybridized carbons (Fsp3) is 0.133. The lowest BCUT2D eigenvalue weighted by molar-refractivity contribution is 1.02. The number of hydrogen-bond donors (Lipinski definition) is 2. The molecule has 3 nitrogen and oxygen atoms in total. The molecule has 0 aliphatic carbocycles. The number of aryl methyl sites for hydroxylation is 1. The van der Waals surface area contributed by atoms with E-state index in [1.165, 1.54) is 5.56 Å². The van der Waals surface area contributed by atoms with Crippen LogP contribution in [0.2, 0.25) is 10.0 Å². The van der Waals surface area contributed by atoms with Gasteiger partial charge in [0.2, 0.25) is 0 Å². The monoisotopic (exact) mass is 305 g/mol. The molecule has 3 aromatic rings. The summed E-state index contributed by atoms with van der Waals surface area (Å²) in [4.78, 5) is 11.0. The number of nitrogens with one attached hydrogen (secondary N) is 2. The van der Waals surface area contributed by atoms with Crippen LogP contribution >= 0.6 is 23.2 Å². The second kappa shape index (κ2) is 5.35. The molecule has 20 heavy (non-hydrogen) atoms. The van der Waals surface area contributed by atoms with Gasteiger partial charge in [0, 0.05) is 30.1 Å². The molecule has 0 spiro atoms. The average molecular weight is 306 g/mol. The minimum absolute atomic E-state index is 0.539. The quantitative estimate of drug-likeness (QED) is 0.729. The number of benzene rings is 1. The minimum Gasteiger partial charge on any atom is -0.367 e. The van der Waals surface area contributed by atoms with Gasteiger partial charge < -0.3 is 9.97 Å². The first-order chi connectivity index (χ1) is 9.65. The second-order valence-electron chi connectivity index (χ2n) is 4.65. The van der Waals surface area contributed by atoms with E-state index < -0.39 is 0 Å². The highest BCUT2D eigenvalue weighted by atomic mass is 35.5. The summed E-state index contributed by atoms with van der Waals surface area (Å²) in [7, 11) is 0. The molecule has 0 saturated heterocycles. The van der Waals surface area contributed by atoms with E-state index in [9.17, 15) is 0 Å². The van der Waals surface area contributed by atoms with E-state index in [0.29, 0.717) is 10.0 Å². The fourth-order valence-electron chi connectivity index (χ4n) is 2.22. The van der Waals surface area contributed by atoms with Gasteiger partial charge in [-0.25, -0.2) is 4.98 Å². The Morgan fingerprint density at radius 3 is 2.80 bits per heavy atom. The van der Waals surface area contributed by atoms with Crippen molar-refractivity contribution in [2.45, 2.75) is 13.3 Å². The third-order valence-electron chi connectivity index (χ3n) is 3.17. The third kappa shape index (κ3) is 2.47. The van der Waals surface area contributed by atoms with Crippen LogP contribution < -0.4 is 0 Å². The van der Waals surface area contributed by atoms with E-state index >= 15 is 0 Å². The van der Waals surface area contributed by atoms with Crippen LogP contribution in [-0.4, -0.2) is 15.0 Å². The maximum absolute atomic E-state index is 6.26. The lowest BCUT2D eigenvalue weighted by atomic mass is 10.1. The summed E-state index contributed by atoms with van der Waals surface area (Å²) in [5, 5.41) is 1.08. The summed E-state index contributed by atoms with van der Waals surface area (Å²) in [6, 6.07) is 7.61. The van der Waals surface area contributed by atoms with E-state index in [1.807, 2.05) is 37.5 Å². The van der Waals surface area contributed by atoms with Crippen LogP contribution in [0, 0.1) is 6.92 Å².